The largest absolute Gasteiger partial charge is 0.324 e. The van der Waals surface area contributed by atoms with Gasteiger partial charge in [0.1, 0.15) is 0 Å². The number of sulfonamides is 1. The molecule has 0 atom stereocenters. The Balaban J connectivity index is 1.43. The normalized spacial score (nSPS) is 13.9. The van der Waals surface area contributed by atoms with E-state index in [0.29, 0.717) is 30.9 Å². The van der Waals surface area contributed by atoms with Crippen molar-refractivity contribution in [1.82, 2.24) is 9.97 Å². The summed E-state index contributed by atoms with van der Waals surface area (Å²) < 4.78 is 25.2. The van der Waals surface area contributed by atoms with Gasteiger partial charge in [-0.25, -0.2) is 18.4 Å². The first-order valence-electron chi connectivity index (χ1n) is 10.8. The van der Waals surface area contributed by atoms with Gasteiger partial charge in [-0.3, -0.25) is 9.10 Å². The summed E-state index contributed by atoms with van der Waals surface area (Å²) >= 11 is 0. The minimum atomic E-state index is -3.34. The zero-order valence-corrected chi connectivity index (χ0v) is 19.5. The van der Waals surface area contributed by atoms with E-state index in [4.69, 9.17) is 0 Å². The van der Waals surface area contributed by atoms with Gasteiger partial charge < -0.3 is 10.2 Å². The van der Waals surface area contributed by atoms with Crippen molar-refractivity contribution in [3.05, 3.63) is 72.1 Å². The van der Waals surface area contributed by atoms with Crippen LogP contribution in [-0.4, -0.2) is 44.1 Å². The molecule has 0 spiro atoms. The fraction of sp³-hybridized carbons (Fsp3) is 0.292. The maximum absolute atomic E-state index is 12.0. The van der Waals surface area contributed by atoms with Crippen LogP contribution >= 0.6 is 0 Å². The quantitative estimate of drug-likeness (QED) is 0.547. The van der Waals surface area contributed by atoms with E-state index in [1.54, 1.807) is 18.1 Å². The zero-order valence-electron chi connectivity index (χ0n) is 18.7. The van der Waals surface area contributed by atoms with Gasteiger partial charge >= 0.3 is 0 Å². The highest BCUT2D eigenvalue weighted by Crippen LogP contribution is 2.25. The molecule has 1 saturated heterocycles. The van der Waals surface area contributed by atoms with Gasteiger partial charge in [-0.1, -0.05) is 18.2 Å². The van der Waals surface area contributed by atoms with E-state index in [0.717, 1.165) is 35.6 Å². The van der Waals surface area contributed by atoms with Gasteiger partial charge in [-0.05, 0) is 61.2 Å². The van der Waals surface area contributed by atoms with E-state index in [1.165, 1.54) is 10.6 Å². The van der Waals surface area contributed by atoms with Crippen LogP contribution in [-0.2, 0) is 27.7 Å². The number of para-hydroxylation sites is 1. The lowest BCUT2D eigenvalue weighted by molar-refractivity contribution is -0.117. The Morgan fingerprint density at radius 2 is 1.82 bits per heavy atom. The van der Waals surface area contributed by atoms with Gasteiger partial charge in [0.2, 0.25) is 21.9 Å². The third kappa shape index (κ3) is 5.48. The highest BCUT2D eigenvalue weighted by atomic mass is 32.2. The molecule has 1 aliphatic heterocycles. The summed E-state index contributed by atoms with van der Waals surface area (Å²) in [4.78, 5) is 22.6. The van der Waals surface area contributed by atoms with Gasteiger partial charge in [-0.2, -0.15) is 0 Å². The summed E-state index contributed by atoms with van der Waals surface area (Å²) in [5.41, 5.74) is 4.19. The summed E-state index contributed by atoms with van der Waals surface area (Å²) in [7, 11) is -1.78. The third-order valence-corrected chi connectivity index (χ3v) is 6.89. The number of carbonyl (C=O) groups is 1. The average molecular weight is 466 g/mol. The van der Waals surface area contributed by atoms with Crippen LogP contribution in [0.3, 0.4) is 0 Å². The minimum Gasteiger partial charge on any atom is -0.324 e. The predicted molar refractivity (Wildman–Crippen MR) is 130 cm³/mol. The molecule has 4 rings (SSSR count). The van der Waals surface area contributed by atoms with Crippen LogP contribution in [0.2, 0.25) is 0 Å². The second-order valence-corrected chi connectivity index (χ2v) is 10.1. The van der Waals surface area contributed by atoms with Crippen LogP contribution in [0.4, 0.5) is 23.0 Å². The molecule has 33 heavy (non-hydrogen) atoms. The van der Waals surface area contributed by atoms with Gasteiger partial charge in [0, 0.05) is 43.3 Å². The number of hydrogen-bond acceptors (Lipinski definition) is 6. The number of rotatable bonds is 8. The number of anilines is 4. The Kier molecular flexibility index (Phi) is 6.60. The highest BCUT2D eigenvalue weighted by molar-refractivity contribution is 7.92. The number of nitrogens with zero attached hydrogens (tertiary/aromatic N) is 4. The van der Waals surface area contributed by atoms with Crippen LogP contribution in [0, 0.1) is 0 Å². The molecule has 1 aromatic heterocycles. The summed E-state index contributed by atoms with van der Waals surface area (Å²) in [5.74, 6) is 0.648. The van der Waals surface area contributed by atoms with Gasteiger partial charge in [0.25, 0.3) is 0 Å². The first-order chi connectivity index (χ1) is 15.8. The molecule has 9 heteroatoms. The Morgan fingerprint density at radius 3 is 2.52 bits per heavy atom. The van der Waals surface area contributed by atoms with E-state index in [-0.39, 0.29) is 5.91 Å². The highest BCUT2D eigenvalue weighted by Gasteiger charge is 2.21. The number of nitrogens with one attached hydrogen (secondary N) is 1. The molecule has 0 bridgehead atoms. The topological polar surface area (TPSA) is 95.5 Å². The van der Waals surface area contributed by atoms with Crippen molar-refractivity contribution >= 4 is 38.9 Å². The molecule has 1 amide bonds. The summed E-state index contributed by atoms with van der Waals surface area (Å²) in [6.45, 7) is 0.764. The van der Waals surface area contributed by atoms with E-state index < -0.39 is 10.0 Å². The number of aryl methyl sites for hydroxylation is 2. The van der Waals surface area contributed by atoms with Crippen LogP contribution in [0.25, 0.3) is 0 Å². The summed E-state index contributed by atoms with van der Waals surface area (Å²) in [5, 5.41) is 3.21. The number of amides is 1. The molecule has 0 radical (unpaired) electrons. The molecule has 1 aliphatic rings. The summed E-state index contributed by atoms with van der Waals surface area (Å²) in [6, 6.07) is 17.0. The van der Waals surface area contributed by atoms with Crippen molar-refractivity contribution in [2.75, 3.05) is 34.4 Å². The molecule has 0 unspecified atom stereocenters. The molecular weight excluding hydrogens is 438 g/mol. The molecule has 3 aromatic rings. The number of hydrogen-bond donors (Lipinski definition) is 1. The molecule has 0 saturated carbocycles. The SMILES string of the molecule is CN(c1ccccc1CCc1ccnc(Nc2ccc(N3CCCC3=O)cc2)n1)S(C)(=O)=O. The molecule has 0 aliphatic carbocycles. The predicted octanol–water partition coefficient (Wildman–Crippen LogP) is 3.53. The standard InChI is InChI=1S/C24H27N5O3S/c1-28(33(2,31)32)22-7-4-3-6-18(22)9-10-20-15-16-25-24(27-20)26-19-11-13-21(14-12-19)29-17-5-8-23(29)30/h3-4,6-7,11-16H,5,8-10,17H2,1-2H3,(H,25,26,27). The molecule has 2 heterocycles. The van der Waals surface area contributed by atoms with Crippen molar-refractivity contribution in [3.8, 4) is 0 Å². The van der Waals surface area contributed by atoms with Crippen molar-refractivity contribution < 1.29 is 13.2 Å². The van der Waals surface area contributed by atoms with Gasteiger partial charge in [0.05, 0.1) is 11.9 Å². The van der Waals surface area contributed by atoms with E-state index in [2.05, 4.69) is 15.3 Å². The number of carbonyl (C=O) groups excluding carboxylic acids is 1. The Morgan fingerprint density at radius 1 is 1.06 bits per heavy atom. The second kappa shape index (κ2) is 9.58. The minimum absolute atomic E-state index is 0.163. The lowest BCUT2D eigenvalue weighted by Crippen LogP contribution is -2.26. The Bertz CT molecular complexity index is 1240. The van der Waals surface area contributed by atoms with Gasteiger partial charge in [0.15, 0.2) is 0 Å². The maximum Gasteiger partial charge on any atom is 0.232 e. The fourth-order valence-corrected chi connectivity index (χ4v) is 4.38. The Labute approximate surface area is 194 Å². The van der Waals surface area contributed by atoms with Gasteiger partial charge in [-0.15, -0.1) is 0 Å². The second-order valence-electron chi connectivity index (χ2n) is 8.05. The van der Waals surface area contributed by atoms with Crippen LogP contribution in [0.1, 0.15) is 24.1 Å². The van der Waals surface area contributed by atoms with Crippen molar-refractivity contribution in [2.45, 2.75) is 25.7 Å². The smallest absolute Gasteiger partial charge is 0.232 e. The lowest BCUT2D eigenvalue weighted by atomic mass is 10.1. The molecule has 2 aromatic carbocycles. The van der Waals surface area contributed by atoms with Crippen molar-refractivity contribution in [3.63, 3.8) is 0 Å². The number of benzene rings is 2. The maximum atomic E-state index is 12.0. The molecular formula is C24H27N5O3S. The monoisotopic (exact) mass is 465 g/mol. The first-order valence-corrected chi connectivity index (χ1v) is 12.7. The third-order valence-electron chi connectivity index (χ3n) is 5.70. The zero-order chi connectivity index (χ0) is 23.4. The fourth-order valence-electron chi connectivity index (χ4n) is 3.84. The summed E-state index contributed by atoms with van der Waals surface area (Å²) in [6.07, 6.45) is 5.69. The van der Waals surface area contributed by atoms with Crippen molar-refractivity contribution in [1.29, 1.82) is 0 Å². The molecule has 1 fully saturated rings. The van der Waals surface area contributed by atoms with Crippen molar-refractivity contribution in [2.24, 2.45) is 0 Å². The van der Waals surface area contributed by atoms with E-state index in [1.807, 2.05) is 54.6 Å². The first kappa shape index (κ1) is 22.7. The van der Waals surface area contributed by atoms with Crippen LogP contribution in [0.15, 0.2) is 60.8 Å². The van der Waals surface area contributed by atoms with E-state index in [9.17, 15) is 13.2 Å². The Hall–Kier alpha value is -3.46. The molecule has 1 N–H and O–H groups in total. The van der Waals surface area contributed by atoms with Crippen LogP contribution < -0.4 is 14.5 Å². The average Bonchev–Trinajstić information content (AvgIpc) is 3.23. The number of aromatic nitrogens is 2. The molecule has 172 valence electrons. The van der Waals surface area contributed by atoms with Crippen LogP contribution in [0.5, 0.6) is 0 Å². The lowest BCUT2D eigenvalue weighted by Gasteiger charge is -2.20. The van der Waals surface area contributed by atoms with E-state index >= 15 is 0 Å². The molecule has 8 nitrogen and oxygen atoms in total.